The van der Waals surface area contributed by atoms with Gasteiger partial charge < -0.3 is 14.8 Å². The van der Waals surface area contributed by atoms with Crippen LogP contribution in [0.25, 0.3) is 0 Å². The van der Waals surface area contributed by atoms with Crippen LogP contribution >= 0.6 is 0 Å². The average Bonchev–Trinajstić information content (AvgIpc) is 2.67. The third kappa shape index (κ3) is 4.85. The zero-order valence-corrected chi connectivity index (χ0v) is 15.7. The first-order valence-corrected chi connectivity index (χ1v) is 9.01. The first-order chi connectivity index (χ1) is 13.6. The summed E-state index contributed by atoms with van der Waals surface area (Å²) in [5, 5.41) is 2.78. The number of hydrogen-bond donors (Lipinski definition) is 1. The maximum Gasteiger partial charge on any atom is 0.257 e. The first kappa shape index (κ1) is 19.4. The molecule has 3 rings (SSSR count). The van der Waals surface area contributed by atoms with Crippen molar-refractivity contribution in [3.63, 3.8) is 0 Å². The van der Waals surface area contributed by atoms with Gasteiger partial charge in [0, 0.05) is 11.8 Å². The van der Waals surface area contributed by atoms with Crippen molar-refractivity contribution in [2.45, 2.75) is 20.3 Å². The Morgan fingerprint density at radius 1 is 1.07 bits per heavy atom. The lowest BCUT2D eigenvalue weighted by atomic mass is 10.2. The Balaban J connectivity index is 1.75. The number of aromatic nitrogens is 1. The molecule has 0 saturated carbocycles. The predicted molar refractivity (Wildman–Crippen MR) is 106 cm³/mol. The van der Waals surface area contributed by atoms with E-state index in [1.165, 1.54) is 6.07 Å². The van der Waals surface area contributed by atoms with E-state index in [1.807, 2.05) is 31.2 Å². The standard InChI is InChI=1S/C22H21FN2O3/c1-3-13-27-19-9-4-5-10-20(19)28-17-8-6-7-16(14-17)25-22(26)18-11-12-21(23)24-15(18)2/h4-12,14H,3,13H2,1-2H3,(H,25,26). The lowest BCUT2D eigenvalue weighted by molar-refractivity contribution is 0.102. The molecule has 0 aliphatic heterocycles. The number of hydrogen-bond acceptors (Lipinski definition) is 4. The van der Waals surface area contributed by atoms with Crippen LogP contribution in [0.1, 0.15) is 29.4 Å². The van der Waals surface area contributed by atoms with Crippen LogP contribution in [-0.2, 0) is 0 Å². The zero-order chi connectivity index (χ0) is 19.9. The maximum absolute atomic E-state index is 13.1. The number of anilines is 1. The van der Waals surface area contributed by atoms with Gasteiger partial charge in [0.15, 0.2) is 11.5 Å². The van der Waals surface area contributed by atoms with Gasteiger partial charge >= 0.3 is 0 Å². The summed E-state index contributed by atoms with van der Waals surface area (Å²) in [6.45, 7) is 4.22. The van der Waals surface area contributed by atoms with Crippen LogP contribution in [0.2, 0.25) is 0 Å². The minimum absolute atomic E-state index is 0.311. The molecule has 1 heterocycles. The van der Waals surface area contributed by atoms with Gasteiger partial charge in [-0.2, -0.15) is 4.39 Å². The van der Waals surface area contributed by atoms with Crippen LogP contribution in [0, 0.1) is 12.9 Å². The van der Waals surface area contributed by atoms with Crippen LogP contribution < -0.4 is 14.8 Å². The van der Waals surface area contributed by atoms with Crippen molar-refractivity contribution in [3.8, 4) is 17.2 Å². The molecule has 28 heavy (non-hydrogen) atoms. The summed E-state index contributed by atoms with van der Waals surface area (Å²) in [7, 11) is 0. The Morgan fingerprint density at radius 2 is 1.86 bits per heavy atom. The van der Waals surface area contributed by atoms with E-state index >= 15 is 0 Å². The summed E-state index contributed by atoms with van der Waals surface area (Å²) in [5.74, 6) is 0.825. The zero-order valence-electron chi connectivity index (χ0n) is 15.7. The molecule has 0 radical (unpaired) electrons. The number of ether oxygens (including phenoxy) is 2. The largest absolute Gasteiger partial charge is 0.490 e. The molecule has 144 valence electrons. The first-order valence-electron chi connectivity index (χ1n) is 9.01. The van der Waals surface area contributed by atoms with E-state index in [-0.39, 0.29) is 5.91 Å². The molecule has 0 unspecified atom stereocenters. The minimum Gasteiger partial charge on any atom is -0.490 e. The second-order valence-corrected chi connectivity index (χ2v) is 6.15. The summed E-state index contributed by atoms with van der Waals surface area (Å²) in [5.41, 5.74) is 1.19. The number of pyridine rings is 1. The smallest absolute Gasteiger partial charge is 0.257 e. The van der Waals surface area contributed by atoms with Crippen molar-refractivity contribution >= 4 is 11.6 Å². The highest BCUT2D eigenvalue weighted by Crippen LogP contribution is 2.32. The molecule has 3 aromatic rings. The van der Waals surface area contributed by atoms with E-state index < -0.39 is 5.95 Å². The lowest BCUT2D eigenvalue weighted by Crippen LogP contribution is -2.14. The van der Waals surface area contributed by atoms with Gasteiger partial charge in [0.05, 0.1) is 17.9 Å². The topological polar surface area (TPSA) is 60.5 Å². The Labute approximate surface area is 163 Å². The Bertz CT molecular complexity index is 976. The third-order valence-electron chi connectivity index (χ3n) is 3.93. The van der Waals surface area contributed by atoms with Gasteiger partial charge in [0.25, 0.3) is 5.91 Å². The fourth-order valence-corrected chi connectivity index (χ4v) is 2.60. The normalized spacial score (nSPS) is 10.4. The predicted octanol–water partition coefficient (Wildman–Crippen LogP) is 5.36. The average molecular weight is 380 g/mol. The van der Waals surface area contributed by atoms with E-state index in [1.54, 1.807) is 31.2 Å². The molecular formula is C22H21FN2O3. The Kier molecular flexibility index (Phi) is 6.22. The number of aryl methyl sites for hydroxylation is 1. The van der Waals surface area contributed by atoms with Crippen LogP contribution in [0.15, 0.2) is 60.7 Å². The second-order valence-electron chi connectivity index (χ2n) is 6.15. The number of rotatable bonds is 7. The van der Waals surface area contributed by atoms with Gasteiger partial charge in [-0.3, -0.25) is 4.79 Å². The van der Waals surface area contributed by atoms with Gasteiger partial charge in [0.1, 0.15) is 5.75 Å². The number of halogens is 1. The fraction of sp³-hybridized carbons (Fsp3) is 0.182. The van der Waals surface area contributed by atoms with E-state index in [4.69, 9.17) is 9.47 Å². The summed E-state index contributed by atoms with van der Waals surface area (Å²) in [6, 6.07) is 17.0. The molecule has 1 aromatic heterocycles. The molecule has 0 atom stereocenters. The monoisotopic (exact) mass is 380 g/mol. The number of nitrogens with one attached hydrogen (secondary N) is 1. The van der Waals surface area contributed by atoms with Crippen LogP contribution in [0.5, 0.6) is 17.2 Å². The SMILES string of the molecule is CCCOc1ccccc1Oc1cccc(NC(=O)c2ccc(F)nc2C)c1. The Hall–Kier alpha value is -3.41. The van der Waals surface area contributed by atoms with E-state index in [9.17, 15) is 9.18 Å². The van der Waals surface area contributed by atoms with Crippen molar-refractivity contribution in [3.05, 3.63) is 77.9 Å². The lowest BCUT2D eigenvalue weighted by Gasteiger charge is -2.13. The molecule has 2 aromatic carbocycles. The van der Waals surface area contributed by atoms with Gasteiger partial charge in [0.2, 0.25) is 5.95 Å². The number of para-hydroxylation sites is 2. The van der Waals surface area contributed by atoms with Crippen molar-refractivity contribution in [1.82, 2.24) is 4.98 Å². The molecule has 0 fully saturated rings. The number of benzene rings is 2. The molecule has 5 nitrogen and oxygen atoms in total. The van der Waals surface area contributed by atoms with Crippen molar-refractivity contribution in [1.29, 1.82) is 0 Å². The van der Waals surface area contributed by atoms with Crippen molar-refractivity contribution in [2.24, 2.45) is 0 Å². The summed E-state index contributed by atoms with van der Waals surface area (Å²) in [6.07, 6.45) is 0.896. The number of nitrogens with zero attached hydrogens (tertiary/aromatic N) is 1. The maximum atomic E-state index is 13.1. The third-order valence-corrected chi connectivity index (χ3v) is 3.93. The molecule has 1 amide bonds. The van der Waals surface area contributed by atoms with Crippen LogP contribution in [0.4, 0.5) is 10.1 Å². The number of amides is 1. The molecule has 0 spiro atoms. The summed E-state index contributed by atoms with van der Waals surface area (Å²) < 4.78 is 24.8. The molecule has 0 aliphatic rings. The molecule has 0 aliphatic carbocycles. The second kappa shape index (κ2) is 8.99. The Morgan fingerprint density at radius 3 is 2.61 bits per heavy atom. The summed E-state index contributed by atoms with van der Waals surface area (Å²) >= 11 is 0. The van der Waals surface area contributed by atoms with Gasteiger partial charge in [-0.05, 0) is 49.7 Å². The van der Waals surface area contributed by atoms with Gasteiger partial charge in [-0.1, -0.05) is 25.1 Å². The van der Waals surface area contributed by atoms with E-state index in [2.05, 4.69) is 10.3 Å². The highest BCUT2D eigenvalue weighted by atomic mass is 19.1. The fourth-order valence-electron chi connectivity index (χ4n) is 2.60. The highest BCUT2D eigenvalue weighted by molar-refractivity contribution is 6.05. The van der Waals surface area contributed by atoms with Crippen molar-refractivity contribution < 1.29 is 18.7 Å². The van der Waals surface area contributed by atoms with Crippen LogP contribution in [0.3, 0.4) is 0 Å². The number of carbonyl (C=O) groups excluding carboxylic acids is 1. The van der Waals surface area contributed by atoms with Gasteiger partial charge in [-0.15, -0.1) is 0 Å². The van der Waals surface area contributed by atoms with Gasteiger partial charge in [-0.25, -0.2) is 4.98 Å². The molecule has 0 bridgehead atoms. The summed E-state index contributed by atoms with van der Waals surface area (Å²) in [4.78, 5) is 16.1. The van der Waals surface area contributed by atoms with Crippen molar-refractivity contribution in [2.75, 3.05) is 11.9 Å². The number of carbonyl (C=O) groups is 1. The van der Waals surface area contributed by atoms with Crippen LogP contribution in [-0.4, -0.2) is 17.5 Å². The minimum atomic E-state index is -0.617. The molecular weight excluding hydrogens is 359 g/mol. The van der Waals surface area contributed by atoms with E-state index in [0.717, 1.165) is 12.5 Å². The van der Waals surface area contributed by atoms with E-state index in [0.29, 0.717) is 40.8 Å². The highest BCUT2D eigenvalue weighted by Gasteiger charge is 2.12. The quantitative estimate of drug-likeness (QED) is 0.560. The molecule has 6 heteroatoms. The molecule has 1 N–H and O–H groups in total. The molecule has 0 saturated heterocycles.